The summed E-state index contributed by atoms with van der Waals surface area (Å²) >= 11 is 6.09. The lowest BCUT2D eigenvalue weighted by atomic mass is 10.2. The van der Waals surface area contributed by atoms with Gasteiger partial charge in [-0.1, -0.05) is 11.6 Å². The van der Waals surface area contributed by atoms with Crippen molar-refractivity contribution in [1.29, 1.82) is 0 Å². The van der Waals surface area contributed by atoms with E-state index in [1.807, 2.05) is 7.05 Å². The molecule has 0 fully saturated rings. The Kier molecular flexibility index (Phi) is 4.75. The summed E-state index contributed by atoms with van der Waals surface area (Å²) in [4.78, 5) is 16.2. The van der Waals surface area contributed by atoms with Crippen LogP contribution in [0.25, 0.3) is 0 Å². The molecule has 1 unspecified atom stereocenters. The number of nitrogens with one attached hydrogen (secondary N) is 2. The molecule has 0 saturated carbocycles. The van der Waals surface area contributed by atoms with Crippen LogP contribution in [0.4, 0.5) is 26.4 Å². The summed E-state index contributed by atoms with van der Waals surface area (Å²) in [7, 11) is 1.83. The second kappa shape index (κ2) is 6.98. The SMILES string of the molecule is CC(Nc1ncc(Cl)c(Nc2cn(C)cn2)n1)c1ncc(F)cc1F. The maximum Gasteiger partial charge on any atom is 0.225 e. The molecular weight excluding hydrogens is 352 g/mol. The van der Waals surface area contributed by atoms with E-state index in [1.165, 1.54) is 6.20 Å². The minimum atomic E-state index is -0.749. The predicted octanol–water partition coefficient (Wildman–Crippen LogP) is 3.45. The van der Waals surface area contributed by atoms with Crippen LogP contribution in [0.3, 0.4) is 0 Å². The van der Waals surface area contributed by atoms with Crippen molar-refractivity contribution in [2.24, 2.45) is 7.05 Å². The average molecular weight is 366 g/mol. The van der Waals surface area contributed by atoms with Gasteiger partial charge in [-0.15, -0.1) is 0 Å². The third kappa shape index (κ3) is 4.00. The fourth-order valence-corrected chi connectivity index (χ4v) is 2.27. The van der Waals surface area contributed by atoms with Crippen molar-refractivity contribution in [1.82, 2.24) is 24.5 Å². The number of aryl methyl sites for hydroxylation is 1. The van der Waals surface area contributed by atoms with Crippen LogP contribution in [-0.4, -0.2) is 24.5 Å². The normalized spacial score (nSPS) is 12.0. The number of aromatic nitrogens is 5. The van der Waals surface area contributed by atoms with Crippen LogP contribution in [0.15, 0.2) is 31.0 Å². The van der Waals surface area contributed by atoms with Crippen LogP contribution >= 0.6 is 11.6 Å². The highest BCUT2D eigenvalue weighted by molar-refractivity contribution is 6.32. The summed E-state index contributed by atoms with van der Waals surface area (Å²) < 4.78 is 28.5. The Morgan fingerprint density at radius 3 is 2.68 bits per heavy atom. The van der Waals surface area contributed by atoms with Crippen molar-refractivity contribution in [3.05, 3.63) is 53.3 Å². The van der Waals surface area contributed by atoms with Gasteiger partial charge in [0.25, 0.3) is 0 Å². The number of hydrogen-bond acceptors (Lipinski definition) is 6. The van der Waals surface area contributed by atoms with Crippen LogP contribution in [0.5, 0.6) is 0 Å². The highest BCUT2D eigenvalue weighted by atomic mass is 35.5. The molecule has 25 heavy (non-hydrogen) atoms. The van der Waals surface area contributed by atoms with E-state index in [1.54, 1.807) is 24.0 Å². The molecule has 10 heteroatoms. The molecule has 130 valence electrons. The molecule has 2 N–H and O–H groups in total. The number of pyridine rings is 1. The van der Waals surface area contributed by atoms with E-state index in [4.69, 9.17) is 11.6 Å². The van der Waals surface area contributed by atoms with Gasteiger partial charge in [0.15, 0.2) is 5.82 Å². The molecule has 0 aliphatic heterocycles. The fourth-order valence-electron chi connectivity index (χ4n) is 2.13. The quantitative estimate of drug-likeness (QED) is 0.720. The van der Waals surface area contributed by atoms with Crippen molar-refractivity contribution < 1.29 is 8.78 Å². The molecule has 0 radical (unpaired) electrons. The topological polar surface area (TPSA) is 80.5 Å². The fraction of sp³-hybridized carbons (Fsp3) is 0.200. The smallest absolute Gasteiger partial charge is 0.225 e. The van der Waals surface area contributed by atoms with Gasteiger partial charge in [-0.25, -0.2) is 18.7 Å². The molecule has 0 saturated heterocycles. The zero-order valence-electron chi connectivity index (χ0n) is 13.3. The maximum atomic E-state index is 13.8. The average Bonchev–Trinajstić information content (AvgIpc) is 2.95. The van der Waals surface area contributed by atoms with E-state index < -0.39 is 17.7 Å². The minimum absolute atomic E-state index is 0.0548. The standard InChI is InChI=1S/C15H14ClF2N7/c1-8(13-11(18)3-9(17)4-19-13)22-15-20-5-10(16)14(24-15)23-12-6-25(2)7-21-12/h3-8H,1-2H3,(H2,20,22,23,24). The van der Waals surface area contributed by atoms with Gasteiger partial charge < -0.3 is 15.2 Å². The lowest BCUT2D eigenvalue weighted by Crippen LogP contribution is -2.13. The Morgan fingerprint density at radius 1 is 1.20 bits per heavy atom. The zero-order chi connectivity index (χ0) is 18.0. The van der Waals surface area contributed by atoms with Gasteiger partial charge in [0.2, 0.25) is 5.95 Å². The van der Waals surface area contributed by atoms with Crippen LogP contribution < -0.4 is 10.6 Å². The van der Waals surface area contributed by atoms with E-state index in [0.29, 0.717) is 16.7 Å². The molecule has 0 aromatic carbocycles. The summed E-state index contributed by atoms with van der Waals surface area (Å²) in [5.41, 5.74) is 0.0548. The monoisotopic (exact) mass is 365 g/mol. The summed E-state index contributed by atoms with van der Waals surface area (Å²) in [6.45, 7) is 1.66. The molecular formula is C15H14ClF2N7. The van der Waals surface area contributed by atoms with E-state index in [2.05, 4.69) is 30.6 Å². The molecule has 0 amide bonds. The van der Waals surface area contributed by atoms with Crippen LogP contribution in [0.1, 0.15) is 18.7 Å². The summed E-state index contributed by atoms with van der Waals surface area (Å²) in [5, 5.41) is 6.18. The Labute approximate surface area is 147 Å². The Hall–Kier alpha value is -2.81. The highest BCUT2D eigenvalue weighted by Gasteiger charge is 2.15. The molecule has 0 aliphatic rings. The van der Waals surface area contributed by atoms with E-state index in [9.17, 15) is 8.78 Å². The predicted molar refractivity (Wildman–Crippen MR) is 89.7 cm³/mol. The van der Waals surface area contributed by atoms with Crippen LogP contribution in [0.2, 0.25) is 5.02 Å². The van der Waals surface area contributed by atoms with E-state index in [0.717, 1.165) is 12.3 Å². The number of halogens is 3. The van der Waals surface area contributed by atoms with Crippen molar-refractivity contribution >= 4 is 29.2 Å². The molecule has 3 rings (SSSR count). The van der Waals surface area contributed by atoms with E-state index >= 15 is 0 Å². The number of hydrogen-bond donors (Lipinski definition) is 2. The summed E-state index contributed by atoms with van der Waals surface area (Å²) in [6, 6.07) is 0.196. The first kappa shape index (κ1) is 17.0. The number of nitrogens with zero attached hydrogens (tertiary/aromatic N) is 5. The van der Waals surface area contributed by atoms with Crippen LogP contribution in [0, 0.1) is 11.6 Å². The number of anilines is 3. The maximum absolute atomic E-state index is 13.8. The summed E-state index contributed by atoms with van der Waals surface area (Å²) in [5.74, 6) is -0.370. The zero-order valence-corrected chi connectivity index (χ0v) is 14.1. The molecule has 0 aliphatic carbocycles. The molecule has 1 atom stereocenters. The largest absolute Gasteiger partial charge is 0.346 e. The second-order valence-corrected chi connectivity index (χ2v) is 5.73. The third-order valence-electron chi connectivity index (χ3n) is 3.29. The van der Waals surface area contributed by atoms with Gasteiger partial charge in [0, 0.05) is 19.3 Å². The van der Waals surface area contributed by atoms with Gasteiger partial charge in [-0.3, -0.25) is 4.98 Å². The van der Waals surface area contributed by atoms with Crippen molar-refractivity contribution in [2.75, 3.05) is 10.6 Å². The van der Waals surface area contributed by atoms with Gasteiger partial charge in [-0.2, -0.15) is 4.98 Å². The van der Waals surface area contributed by atoms with Gasteiger partial charge in [0.1, 0.15) is 22.5 Å². The van der Waals surface area contributed by atoms with Crippen molar-refractivity contribution in [3.63, 3.8) is 0 Å². The van der Waals surface area contributed by atoms with Gasteiger partial charge in [0.05, 0.1) is 30.5 Å². The third-order valence-corrected chi connectivity index (χ3v) is 3.56. The molecule has 0 spiro atoms. The van der Waals surface area contributed by atoms with Crippen molar-refractivity contribution in [3.8, 4) is 0 Å². The van der Waals surface area contributed by atoms with Gasteiger partial charge >= 0.3 is 0 Å². The molecule has 0 bridgehead atoms. The minimum Gasteiger partial charge on any atom is -0.346 e. The molecule has 7 nitrogen and oxygen atoms in total. The Bertz CT molecular complexity index is 899. The highest BCUT2D eigenvalue weighted by Crippen LogP contribution is 2.24. The molecule has 3 aromatic heterocycles. The van der Waals surface area contributed by atoms with Crippen LogP contribution in [-0.2, 0) is 7.05 Å². The first-order valence-electron chi connectivity index (χ1n) is 7.27. The lowest BCUT2D eigenvalue weighted by Gasteiger charge is -2.15. The first-order chi connectivity index (χ1) is 11.9. The lowest BCUT2D eigenvalue weighted by molar-refractivity contribution is 0.550. The molecule has 3 heterocycles. The molecule has 3 aromatic rings. The Balaban J connectivity index is 1.79. The van der Waals surface area contributed by atoms with Gasteiger partial charge in [-0.05, 0) is 6.92 Å². The Morgan fingerprint density at radius 2 is 2.00 bits per heavy atom. The summed E-state index contributed by atoms with van der Waals surface area (Å²) in [6.07, 6.45) is 5.74. The first-order valence-corrected chi connectivity index (χ1v) is 7.65. The number of rotatable bonds is 5. The number of imidazole rings is 1. The second-order valence-electron chi connectivity index (χ2n) is 5.33. The van der Waals surface area contributed by atoms with Crippen molar-refractivity contribution in [2.45, 2.75) is 13.0 Å². The van der Waals surface area contributed by atoms with E-state index in [-0.39, 0.29) is 11.6 Å².